The molecule has 7 nitrogen and oxygen atoms in total. The van der Waals surface area contributed by atoms with Crippen molar-refractivity contribution in [2.75, 3.05) is 12.3 Å². The molecule has 28 heavy (non-hydrogen) atoms. The summed E-state index contributed by atoms with van der Waals surface area (Å²) in [7, 11) is 0. The van der Waals surface area contributed by atoms with E-state index in [2.05, 4.69) is 20.0 Å². The highest BCUT2D eigenvalue weighted by atomic mass is 35.5. The van der Waals surface area contributed by atoms with Crippen molar-refractivity contribution in [1.82, 2.24) is 24.5 Å². The Bertz CT molecular complexity index is 1170. The van der Waals surface area contributed by atoms with Gasteiger partial charge < -0.3 is 10.2 Å². The van der Waals surface area contributed by atoms with Gasteiger partial charge in [-0.05, 0) is 41.8 Å². The number of anilines is 1. The smallest absolute Gasteiger partial charge is 0.223 e. The van der Waals surface area contributed by atoms with Crippen LogP contribution in [0, 0.1) is 0 Å². The van der Waals surface area contributed by atoms with Gasteiger partial charge in [0.15, 0.2) is 11.4 Å². The summed E-state index contributed by atoms with van der Waals surface area (Å²) in [5.41, 5.74) is 9.94. The number of halogens is 2. The number of fused-ring (bicyclic) bond motifs is 2. The number of hydrogen-bond acceptors (Lipinski definition) is 6. The van der Waals surface area contributed by atoms with Crippen molar-refractivity contribution < 1.29 is 4.42 Å². The number of hydrogen-bond donors (Lipinski definition) is 1. The van der Waals surface area contributed by atoms with E-state index in [1.54, 1.807) is 29.1 Å². The third-order valence-electron chi connectivity index (χ3n) is 4.92. The lowest BCUT2D eigenvalue weighted by molar-refractivity contribution is 0.246. The number of nitrogens with two attached hydrogens (primary N) is 1. The third kappa shape index (κ3) is 3.01. The minimum atomic E-state index is 0.284. The molecule has 3 aromatic heterocycles. The van der Waals surface area contributed by atoms with Crippen LogP contribution >= 0.6 is 23.2 Å². The van der Waals surface area contributed by atoms with Crippen molar-refractivity contribution >= 4 is 34.8 Å². The summed E-state index contributed by atoms with van der Waals surface area (Å²) in [6.45, 7) is 2.30. The van der Waals surface area contributed by atoms with Crippen LogP contribution in [-0.2, 0) is 19.5 Å². The molecule has 0 saturated carbocycles. The first-order valence-electron chi connectivity index (χ1n) is 8.81. The molecule has 0 saturated heterocycles. The van der Waals surface area contributed by atoms with Crippen LogP contribution in [0.1, 0.15) is 16.7 Å². The summed E-state index contributed by atoms with van der Waals surface area (Å²) in [5.74, 6) is 1.35. The molecule has 0 unspecified atom stereocenters. The van der Waals surface area contributed by atoms with E-state index in [0.29, 0.717) is 28.8 Å². The largest absolute Gasteiger partial charge is 0.461 e. The van der Waals surface area contributed by atoms with E-state index in [0.717, 1.165) is 35.7 Å². The highest BCUT2D eigenvalue weighted by Crippen LogP contribution is 2.30. The van der Waals surface area contributed by atoms with Crippen LogP contribution < -0.4 is 5.73 Å². The molecular weight excluding hydrogens is 399 g/mol. The molecule has 1 aliphatic heterocycles. The van der Waals surface area contributed by atoms with Gasteiger partial charge in [0.1, 0.15) is 0 Å². The molecular formula is C19H16Cl2N6O. The lowest BCUT2D eigenvalue weighted by atomic mass is 9.99. The highest BCUT2D eigenvalue weighted by molar-refractivity contribution is 6.35. The van der Waals surface area contributed by atoms with E-state index in [1.807, 2.05) is 12.1 Å². The van der Waals surface area contributed by atoms with Crippen LogP contribution in [0.5, 0.6) is 0 Å². The lowest BCUT2D eigenvalue weighted by Crippen LogP contribution is -2.30. The van der Waals surface area contributed by atoms with Gasteiger partial charge in [-0.3, -0.25) is 4.90 Å². The topological polar surface area (TPSA) is 85.5 Å². The molecule has 0 aliphatic carbocycles. The van der Waals surface area contributed by atoms with E-state index >= 15 is 0 Å². The predicted octanol–water partition coefficient (Wildman–Crippen LogP) is 3.83. The van der Waals surface area contributed by atoms with Crippen molar-refractivity contribution in [2.45, 2.75) is 19.5 Å². The molecule has 9 heteroatoms. The van der Waals surface area contributed by atoms with E-state index in [9.17, 15) is 0 Å². The fraction of sp³-hybridized carbons (Fsp3) is 0.211. The molecule has 0 spiro atoms. The van der Waals surface area contributed by atoms with Crippen molar-refractivity contribution in [3.05, 3.63) is 63.5 Å². The second-order valence-electron chi connectivity index (χ2n) is 6.78. The number of furan rings is 1. The highest BCUT2D eigenvalue weighted by Gasteiger charge is 2.22. The summed E-state index contributed by atoms with van der Waals surface area (Å²) in [5, 5.41) is 5.83. The average molecular weight is 415 g/mol. The SMILES string of the molecule is Nc1ncc(CN2CCc3c(Cl)cc(Cl)cc3C2)c2nc(-c3ccco3)nn12. The molecule has 1 aromatic carbocycles. The van der Waals surface area contributed by atoms with E-state index < -0.39 is 0 Å². The van der Waals surface area contributed by atoms with Gasteiger partial charge in [-0.15, -0.1) is 5.10 Å². The molecule has 0 bridgehead atoms. The van der Waals surface area contributed by atoms with Crippen LogP contribution in [-0.4, -0.2) is 31.0 Å². The molecule has 0 atom stereocenters. The maximum absolute atomic E-state index is 6.35. The second-order valence-corrected chi connectivity index (χ2v) is 7.62. The monoisotopic (exact) mass is 414 g/mol. The van der Waals surface area contributed by atoms with Crippen molar-refractivity contribution in [2.24, 2.45) is 0 Å². The van der Waals surface area contributed by atoms with Crippen LogP contribution in [0.25, 0.3) is 17.2 Å². The van der Waals surface area contributed by atoms with Gasteiger partial charge in [0.2, 0.25) is 11.8 Å². The van der Waals surface area contributed by atoms with Gasteiger partial charge in [0.05, 0.1) is 6.26 Å². The average Bonchev–Trinajstić information content (AvgIpc) is 3.33. The Kier molecular flexibility index (Phi) is 4.23. The van der Waals surface area contributed by atoms with E-state index in [4.69, 9.17) is 33.4 Å². The Hall–Kier alpha value is -2.61. The Morgan fingerprint density at radius 1 is 1.25 bits per heavy atom. The first kappa shape index (κ1) is 17.5. The summed E-state index contributed by atoms with van der Waals surface area (Å²) < 4.78 is 6.96. The summed E-state index contributed by atoms with van der Waals surface area (Å²) in [6.07, 6.45) is 4.21. The Labute approximate surface area is 170 Å². The van der Waals surface area contributed by atoms with Crippen molar-refractivity contribution in [3.63, 3.8) is 0 Å². The van der Waals surface area contributed by atoms with E-state index in [-0.39, 0.29) is 5.95 Å². The lowest BCUT2D eigenvalue weighted by Gasteiger charge is -2.29. The Morgan fingerprint density at radius 3 is 2.96 bits per heavy atom. The van der Waals surface area contributed by atoms with Crippen LogP contribution in [0.4, 0.5) is 5.95 Å². The number of aromatic nitrogens is 4. The maximum Gasteiger partial charge on any atom is 0.223 e. The molecule has 142 valence electrons. The molecule has 1 aliphatic rings. The second kappa shape index (κ2) is 6.77. The van der Waals surface area contributed by atoms with Gasteiger partial charge in [0.25, 0.3) is 0 Å². The number of nitrogen functional groups attached to an aromatic ring is 1. The van der Waals surface area contributed by atoms with Crippen LogP contribution in [0.15, 0.2) is 41.1 Å². The van der Waals surface area contributed by atoms with Gasteiger partial charge in [-0.25, -0.2) is 9.97 Å². The quantitative estimate of drug-likeness (QED) is 0.548. The summed E-state index contributed by atoms with van der Waals surface area (Å²) in [6, 6.07) is 7.40. The minimum Gasteiger partial charge on any atom is -0.461 e. The number of rotatable bonds is 3. The zero-order chi connectivity index (χ0) is 19.3. The van der Waals surface area contributed by atoms with E-state index in [1.165, 1.54) is 5.56 Å². The fourth-order valence-electron chi connectivity index (χ4n) is 3.60. The van der Waals surface area contributed by atoms with Gasteiger partial charge in [0, 0.05) is 41.4 Å². The zero-order valence-corrected chi connectivity index (χ0v) is 16.3. The van der Waals surface area contributed by atoms with Crippen LogP contribution in [0.3, 0.4) is 0 Å². The predicted molar refractivity (Wildman–Crippen MR) is 107 cm³/mol. The van der Waals surface area contributed by atoms with Crippen molar-refractivity contribution in [1.29, 1.82) is 0 Å². The molecule has 0 radical (unpaired) electrons. The number of nitrogens with zero attached hydrogens (tertiary/aromatic N) is 5. The summed E-state index contributed by atoms with van der Waals surface area (Å²) in [4.78, 5) is 11.2. The van der Waals surface area contributed by atoms with Crippen molar-refractivity contribution in [3.8, 4) is 11.6 Å². The molecule has 0 fully saturated rings. The fourth-order valence-corrected chi connectivity index (χ4v) is 4.23. The molecule has 0 amide bonds. The maximum atomic E-state index is 6.35. The molecule has 4 aromatic rings. The van der Waals surface area contributed by atoms with Gasteiger partial charge >= 0.3 is 0 Å². The normalized spacial score (nSPS) is 14.5. The summed E-state index contributed by atoms with van der Waals surface area (Å²) >= 11 is 12.5. The molecule has 2 N–H and O–H groups in total. The first-order chi connectivity index (χ1) is 13.6. The third-order valence-corrected chi connectivity index (χ3v) is 5.48. The number of benzene rings is 1. The first-order valence-corrected chi connectivity index (χ1v) is 9.57. The zero-order valence-electron chi connectivity index (χ0n) is 14.8. The van der Waals surface area contributed by atoms with Crippen LogP contribution in [0.2, 0.25) is 10.0 Å². The molecule has 4 heterocycles. The standard InChI is InChI=1S/C19H16Cl2N6O/c20-13-6-11-9-26(4-3-14(11)15(21)7-13)10-12-8-23-19(22)27-18(12)24-17(25-27)16-2-1-5-28-16/h1-2,5-8H,3-4,9-10H2,(H2,22,23). The minimum absolute atomic E-state index is 0.284. The Morgan fingerprint density at radius 2 is 2.14 bits per heavy atom. The van der Waals surface area contributed by atoms with Gasteiger partial charge in [-0.2, -0.15) is 4.52 Å². The molecule has 5 rings (SSSR count). The Balaban J connectivity index is 1.48. The van der Waals surface area contributed by atoms with Gasteiger partial charge in [-0.1, -0.05) is 23.2 Å².